The topological polar surface area (TPSA) is 67.4 Å². The van der Waals surface area contributed by atoms with Gasteiger partial charge in [-0.05, 0) is 35.4 Å². The molecular weight excluding hydrogens is 340 g/mol. The lowest BCUT2D eigenvalue weighted by Crippen LogP contribution is -2.26. The monoisotopic (exact) mass is 362 g/mol. The molecule has 5 nitrogen and oxygen atoms in total. The third-order valence-electron chi connectivity index (χ3n) is 4.29. The van der Waals surface area contributed by atoms with Gasteiger partial charge in [0.15, 0.2) is 0 Å². The van der Waals surface area contributed by atoms with E-state index < -0.39 is 0 Å². The van der Waals surface area contributed by atoms with E-state index in [2.05, 4.69) is 10.6 Å². The molecule has 0 fully saturated rings. The standard InChI is InChI=1S/C22H22N2O3/c1-3-14-23-22(26)20-18(12-7-13-19(20)27-2)24-21(25)17-11-6-9-15-8-4-5-10-16(15)17/h4-13H,3,14H2,1-2H3,(H,23,26)(H,24,25). The molecule has 0 saturated carbocycles. The Bertz CT molecular complexity index is 977. The Hall–Kier alpha value is -3.34. The van der Waals surface area contributed by atoms with E-state index in [-0.39, 0.29) is 11.8 Å². The zero-order valence-corrected chi connectivity index (χ0v) is 15.4. The van der Waals surface area contributed by atoms with Gasteiger partial charge >= 0.3 is 0 Å². The maximum atomic E-state index is 12.9. The van der Waals surface area contributed by atoms with E-state index in [9.17, 15) is 9.59 Å². The lowest BCUT2D eigenvalue weighted by molar-refractivity contribution is 0.0951. The van der Waals surface area contributed by atoms with Crippen molar-refractivity contribution in [1.29, 1.82) is 0 Å². The lowest BCUT2D eigenvalue weighted by Gasteiger charge is -2.15. The van der Waals surface area contributed by atoms with Crippen LogP contribution in [0.2, 0.25) is 0 Å². The molecule has 0 aliphatic heterocycles. The Labute approximate surface area is 158 Å². The Morgan fingerprint density at radius 1 is 0.926 bits per heavy atom. The molecule has 3 aromatic carbocycles. The fourth-order valence-electron chi connectivity index (χ4n) is 2.98. The van der Waals surface area contributed by atoms with E-state index in [1.807, 2.05) is 43.3 Å². The van der Waals surface area contributed by atoms with Crippen LogP contribution in [0.25, 0.3) is 10.8 Å². The minimum absolute atomic E-state index is 0.274. The SMILES string of the molecule is CCCNC(=O)c1c(NC(=O)c2cccc3ccccc23)cccc1OC. The van der Waals surface area contributed by atoms with Crippen molar-refractivity contribution in [2.75, 3.05) is 19.0 Å². The van der Waals surface area contributed by atoms with Crippen LogP contribution in [-0.2, 0) is 0 Å². The zero-order chi connectivity index (χ0) is 19.2. The van der Waals surface area contributed by atoms with Crippen molar-refractivity contribution in [3.8, 4) is 5.75 Å². The van der Waals surface area contributed by atoms with E-state index in [1.54, 1.807) is 24.3 Å². The van der Waals surface area contributed by atoms with Crippen molar-refractivity contribution in [1.82, 2.24) is 5.32 Å². The number of fused-ring (bicyclic) bond motifs is 1. The summed E-state index contributed by atoms with van der Waals surface area (Å²) in [5.41, 5.74) is 1.29. The van der Waals surface area contributed by atoms with Crippen molar-refractivity contribution >= 4 is 28.3 Å². The van der Waals surface area contributed by atoms with Gasteiger partial charge in [-0.15, -0.1) is 0 Å². The van der Waals surface area contributed by atoms with Gasteiger partial charge in [0.05, 0.1) is 12.8 Å². The second-order valence-electron chi connectivity index (χ2n) is 6.12. The molecule has 138 valence electrons. The van der Waals surface area contributed by atoms with Crippen LogP contribution in [0, 0.1) is 0 Å². The Morgan fingerprint density at radius 3 is 2.44 bits per heavy atom. The Kier molecular flexibility index (Phi) is 5.71. The average Bonchev–Trinajstić information content (AvgIpc) is 2.71. The van der Waals surface area contributed by atoms with Gasteiger partial charge in [-0.1, -0.05) is 49.4 Å². The minimum Gasteiger partial charge on any atom is -0.496 e. The summed E-state index contributed by atoms with van der Waals surface area (Å²) in [4.78, 5) is 25.5. The van der Waals surface area contributed by atoms with Crippen LogP contribution < -0.4 is 15.4 Å². The van der Waals surface area contributed by atoms with Crippen molar-refractivity contribution in [2.24, 2.45) is 0 Å². The quantitative estimate of drug-likeness (QED) is 0.689. The highest BCUT2D eigenvalue weighted by Gasteiger charge is 2.19. The normalized spacial score (nSPS) is 10.4. The van der Waals surface area contributed by atoms with Gasteiger partial charge in [0, 0.05) is 12.1 Å². The highest BCUT2D eigenvalue weighted by Crippen LogP contribution is 2.28. The van der Waals surface area contributed by atoms with E-state index in [0.29, 0.717) is 29.1 Å². The molecule has 3 aromatic rings. The fraction of sp³-hybridized carbons (Fsp3) is 0.182. The molecule has 27 heavy (non-hydrogen) atoms. The molecule has 0 spiro atoms. The minimum atomic E-state index is -0.275. The molecule has 0 aromatic heterocycles. The number of rotatable bonds is 6. The first-order valence-electron chi connectivity index (χ1n) is 8.90. The molecule has 0 bridgehead atoms. The molecule has 0 radical (unpaired) electrons. The molecule has 0 saturated heterocycles. The van der Waals surface area contributed by atoms with Gasteiger partial charge in [0.2, 0.25) is 0 Å². The van der Waals surface area contributed by atoms with Crippen molar-refractivity contribution in [2.45, 2.75) is 13.3 Å². The number of hydrogen-bond donors (Lipinski definition) is 2. The fourth-order valence-corrected chi connectivity index (χ4v) is 2.98. The molecule has 3 rings (SSSR count). The highest BCUT2D eigenvalue weighted by molar-refractivity contribution is 6.15. The third kappa shape index (κ3) is 3.92. The van der Waals surface area contributed by atoms with Gasteiger partial charge in [-0.25, -0.2) is 0 Å². The first-order valence-corrected chi connectivity index (χ1v) is 8.90. The van der Waals surface area contributed by atoms with Crippen LogP contribution in [-0.4, -0.2) is 25.5 Å². The van der Waals surface area contributed by atoms with Crippen LogP contribution in [0.3, 0.4) is 0 Å². The summed E-state index contributed by atoms with van der Waals surface area (Å²) in [7, 11) is 1.50. The molecule has 0 unspecified atom stereocenters. The summed E-state index contributed by atoms with van der Waals surface area (Å²) >= 11 is 0. The second kappa shape index (κ2) is 8.36. The van der Waals surface area contributed by atoms with Crippen LogP contribution in [0.1, 0.15) is 34.1 Å². The third-order valence-corrected chi connectivity index (χ3v) is 4.29. The van der Waals surface area contributed by atoms with Crippen LogP contribution in [0.4, 0.5) is 5.69 Å². The first-order chi connectivity index (χ1) is 13.2. The highest BCUT2D eigenvalue weighted by atomic mass is 16.5. The van der Waals surface area contributed by atoms with Gasteiger partial charge in [0.25, 0.3) is 11.8 Å². The summed E-state index contributed by atoms with van der Waals surface area (Å²) < 4.78 is 5.33. The van der Waals surface area contributed by atoms with Gasteiger partial charge in [-0.2, -0.15) is 0 Å². The number of benzene rings is 3. The summed E-state index contributed by atoms with van der Waals surface area (Å²) in [6.45, 7) is 2.53. The van der Waals surface area contributed by atoms with E-state index in [4.69, 9.17) is 4.74 Å². The van der Waals surface area contributed by atoms with E-state index in [1.165, 1.54) is 7.11 Å². The molecule has 0 atom stereocenters. The van der Waals surface area contributed by atoms with E-state index in [0.717, 1.165) is 17.2 Å². The molecule has 0 heterocycles. The molecule has 2 N–H and O–H groups in total. The number of carbonyl (C=O) groups is 2. The Balaban J connectivity index is 1.97. The van der Waals surface area contributed by atoms with Crippen molar-refractivity contribution in [3.63, 3.8) is 0 Å². The second-order valence-corrected chi connectivity index (χ2v) is 6.12. The first kappa shape index (κ1) is 18.5. The smallest absolute Gasteiger partial charge is 0.257 e. The zero-order valence-electron chi connectivity index (χ0n) is 15.4. The molecule has 2 amide bonds. The number of amides is 2. The number of carbonyl (C=O) groups excluding carboxylic acids is 2. The van der Waals surface area contributed by atoms with E-state index >= 15 is 0 Å². The number of ether oxygens (including phenoxy) is 1. The average molecular weight is 362 g/mol. The molecule has 0 aliphatic carbocycles. The van der Waals surface area contributed by atoms with Gasteiger partial charge in [0.1, 0.15) is 11.3 Å². The molecular formula is C22H22N2O3. The summed E-state index contributed by atoms with van der Waals surface area (Å²) in [5, 5.41) is 7.55. The maximum absolute atomic E-state index is 12.9. The van der Waals surface area contributed by atoms with Gasteiger partial charge in [-0.3, -0.25) is 9.59 Å². The predicted molar refractivity (Wildman–Crippen MR) is 108 cm³/mol. The number of methoxy groups -OCH3 is 1. The van der Waals surface area contributed by atoms with Crippen LogP contribution >= 0.6 is 0 Å². The molecule has 5 heteroatoms. The Morgan fingerprint density at radius 2 is 1.67 bits per heavy atom. The maximum Gasteiger partial charge on any atom is 0.257 e. The number of nitrogens with one attached hydrogen (secondary N) is 2. The largest absolute Gasteiger partial charge is 0.496 e. The molecule has 0 aliphatic rings. The summed E-state index contributed by atoms with van der Waals surface area (Å²) in [6, 6.07) is 18.4. The van der Waals surface area contributed by atoms with Crippen LogP contribution in [0.5, 0.6) is 5.75 Å². The van der Waals surface area contributed by atoms with Crippen molar-refractivity contribution < 1.29 is 14.3 Å². The number of anilines is 1. The van der Waals surface area contributed by atoms with Crippen molar-refractivity contribution in [3.05, 3.63) is 71.8 Å². The predicted octanol–water partition coefficient (Wildman–Crippen LogP) is 4.24. The summed E-state index contributed by atoms with van der Waals surface area (Å²) in [6.07, 6.45) is 0.818. The van der Waals surface area contributed by atoms with Gasteiger partial charge < -0.3 is 15.4 Å². The number of hydrogen-bond acceptors (Lipinski definition) is 3. The van der Waals surface area contributed by atoms with Crippen LogP contribution in [0.15, 0.2) is 60.7 Å². The lowest BCUT2D eigenvalue weighted by atomic mass is 10.0. The summed E-state index contributed by atoms with van der Waals surface area (Å²) in [5.74, 6) is -0.133.